The van der Waals surface area contributed by atoms with Crippen LogP contribution >= 0.6 is 0 Å². The van der Waals surface area contributed by atoms with E-state index in [1.807, 2.05) is 30.3 Å². The number of amides is 1. The fourth-order valence-electron chi connectivity index (χ4n) is 4.16. The van der Waals surface area contributed by atoms with E-state index < -0.39 is 11.7 Å². The van der Waals surface area contributed by atoms with E-state index in [-0.39, 0.29) is 29.3 Å². The molecule has 2 heterocycles. The van der Waals surface area contributed by atoms with Crippen LogP contribution in [0.3, 0.4) is 0 Å². The molecule has 2 atom stereocenters. The summed E-state index contributed by atoms with van der Waals surface area (Å²) in [7, 11) is 1.58. The largest absolute Gasteiger partial charge is 0.475 e. The van der Waals surface area contributed by atoms with E-state index in [4.69, 9.17) is 20.9 Å². The maximum Gasteiger partial charge on any atom is 0.252 e. The van der Waals surface area contributed by atoms with E-state index in [1.54, 1.807) is 19.2 Å². The maximum absolute atomic E-state index is 14.9. The Morgan fingerprint density at radius 3 is 2.58 bits per heavy atom. The molecule has 0 spiro atoms. The van der Waals surface area contributed by atoms with Gasteiger partial charge in [0.1, 0.15) is 12.4 Å². The van der Waals surface area contributed by atoms with E-state index in [1.165, 1.54) is 0 Å². The monoisotopic (exact) mass is 494 g/mol. The number of benzene rings is 1. The second-order valence-electron chi connectivity index (χ2n) is 8.69. The smallest absolute Gasteiger partial charge is 0.252 e. The van der Waals surface area contributed by atoms with Crippen LogP contribution in [0.15, 0.2) is 48.5 Å². The molecule has 1 amide bonds. The predicted molar refractivity (Wildman–Crippen MR) is 137 cm³/mol. The lowest BCUT2D eigenvalue weighted by molar-refractivity contribution is 0.100. The quantitative estimate of drug-likeness (QED) is 0.312. The molecule has 4 rings (SSSR count). The molecular weight excluding hydrogens is 463 g/mol. The van der Waals surface area contributed by atoms with Gasteiger partial charge in [-0.1, -0.05) is 43.2 Å². The number of nitrogens with two attached hydrogens (primary N) is 2. The molecule has 36 heavy (non-hydrogen) atoms. The van der Waals surface area contributed by atoms with Crippen LogP contribution < -0.4 is 26.8 Å². The van der Waals surface area contributed by atoms with Gasteiger partial charge in [0.05, 0.1) is 17.9 Å². The van der Waals surface area contributed by atoms with Gasteiger partial charge in [-0.2, -0.15) is 0 Å². The molecule has 0 radical (unpaired) electrons. The minimum Gasteiger partial charge on any atom is -0.475 e. The van der Waals surface area contributed by atoms with Gasteiger partial charge >= 0.3 is 0 Å². The summed E-state index contributed by atoms with van der Waals surface area (Å²) >= 11 is 0. The fraction of sp³-hybridized carbons (Fsp3) is 0.346. The van der Waals surface area contributed by atoms with E-state index in [0.717, 1.165) is 37.3 Å². The van der Waals surface area contributed by atoms with Crippen molar-refractivity contribution in [3.63, 3.8) is 0 Å². The SMILES string of the molecule is COCCOc1cc(Nc2nc(NC3CCCCC3N)c(F)cc2C(N)=O)cc(-c2ccccc2)n1. The molecule has 10 heteroatoms. The van der Waals surface area contributed by atoms with Crippen LogP contribution in [0.2, 0.25) is 0 Å². The summed E-state index contributed by atoms with van der Waals surface area (Å²) in [6, 6.07) is 13.9. The molecule has 1 saturated carbocycles. The van der Waals surface area contributed by atoms with Gasteiger partial charge in [-0.05, 0) is 25.0 Å². The number of rotatable bonds is 10. The van der Waals surface area contributed by atoms with E-state index in [2.05, 4.69) is 20.6 Å². The van der Waals surface area contributed by atoms with Gasteiger partial charge in [0, 0.05) is 36.5 Å². The normalized spacial score (nSPS) is 17.4. The average molecular weight is 495 g/mol. The Morgan fingerprint density at radius 1 is 1.08 bits per heavy atom. The summed E-state index contributed by atoms with van der Waals surface area (Å²) in [5.41, 5.74) is 13.7. The zero-order valence-corrected chi connectivity index (χ0v) is 20.2. The zero-order valence-electron chi connectivity index (χ0n) is 20.2. The second kappa shape index (κ2) is 11.8. The summed E-state index contributed by atoms with van der Waals surface area (Å²) in [6.45, 7) is 0.696. The van der Waals surface area contributed by atoms with E-state index >= 15 is 0 Å². The number of hydrogen-bond acceptors (Lipinski definition) is 8. The average Bonchev–Trinajstić information content (AvgIpc) is 2.87. The zero-order chi connectivity index (χ0) is 25.5. The van der Waals surface area contributed by atoms with E-state index in [9.17, 15) is 9.18 Å². The lowest BCUT2D eigenvalue weighted by atomic mass is 9.91. The summed E-state index contributed by atoms with van der Waals surface area (Å²) in [5, 5.41) is 6.23. The number of primary amides is 1. The molecule has 9 nitrogen and oxygen atoms in total. The van der Waals surface area contributed by atoms with Crippen LogP contribution in [0.1, 0.15) is 36.0 Å². The standard InChI is InChI=1S/C26H31FN6O3/c1-35-11-12-36-23-14-17(13-22(31-23)16-7-3-2-4-8-16)30-25-18(24(29)34)15-19(27)26(33-25)32-21-10-6-5-9-20(21)28/h2-4,7-8,13-15,20-21H,5-6,9-12,28H2,1H3,(H2,29,34)(H2,30,31,32,33). The molecule has 0 aliphatic heterocycles. The summed E-state index contributed by atoms with van der Waals surface area (Å²) in [6.07, 6.45) is 3.72. The molecule has 0 bridgehead atoms. The van der Waals surface area contributed by atoms with E-state index in [0.29, 0.717) is 30.5 Å². The Labute approximate surface area is 209 Å². The Bertz CT molecular complexity index is 1190. The van der Waals surface area contributed by atoms with Crippen LogP contribution in [-0.2, 0) is 4.74 Å². The fourth-order valence-corrected chi connectivity index (χ4v) is 4.16. The molecule has 2 unspecified atom stereocenters. The van der Waals surface area contributed by atoms with Crippen molar-refractivity contribution in [1.29, 1.82) is 0 Å². The van der Waals surface area contributed by atoms with Crippen molar-refractivity contribution in [2.24, 2.45) is 11.5 Å². The first-order valence-corrected chi connectivity index (χ1v) is 11.9. The van der Waals surface area contributed by atoms with Gasteiger partial charge in [0.25, 0.3) is 5.91 Å². The topological polar surface area (TPSA) is 137 Å². The molecule has 190 valence electrons. The van der Waals surface area contributed by atoms with Gasteiger partial charge in [-0.15, -0.1) is 0 Å². The van der Waals surface area contributed by atoms with Crippen LogP contribution in [0.25, 0.3) is 11.3 Å². The van der Waals surface area contributed by atoms with Crippen molar-refractivity contribution in [3.05, 3.63) is 59.9 Å². The lowest BCUT2D eigenvalue weighted by Crippen LogP contribution is -2.43. The number of pyridine rings is 2. The van der Waals surface area contributed by atoms with Crippen molar-refractivity contribution < 1.29 is 18.7 Å². The van der Waals surface area contributed by atoms with Crippen LogP contribution in [0, 0.1) is 5.82 Å². The number of ether oxygens (including phenoxy) is 2. The van der Waals surface area contributed by atoms with Crippen molar-refractivity contribution >= 4 is 23.2 Å². The number of halogens is 1. The van der Waals surface area contributed by atoms with Crippen molar-refractivity contribution in [1.82, 2.24) is 9.97 Å². The molecule has 1 aliphatic carbocycles. The molecule has 1 fully saturated rings. The minimum atomic E-state index is -0.807. The third-order valence-electron chi connectivity index (χ3n) is 6.05. The number of hydrogen-bond donors (Lipinski definition) is 4. The first kappa shape index (κ1) is 25.3. The number of carbonyl (C=O) groups excluding carboxylic acids is 1. The molecule has 3 aromatic rings. The minimum absolute atomic E-state index is 0.0127. The number of anilines is 3. The number of nitrogens with one attached hydrogen (secondary N) is 2. The van der Waals surface area contributed by atoms with Gasteiger partial charge < -0.3 is 31.6 Å². The second-order valence-corrected chi connectivity index (χ2v) is 8.69. The van der Waals surface area contributed by atoms with Gasteiger partial charge in [-0.3, -0.25) is 4.79 Å². The van der Waals surface area contributed by atoms with Gasteiger partial charge in [0.15, 0.2) is 11.6 Å². The highest BCUT2D eigenvalue weighted by Crippen LogP contribution is 2.30. The van der Waals surface area contributed by atoms with Gasteiger partial charge in [0.2, 0.25) is 5.88 Å². The Hall–Kier alpha value is -3.76. The highest BCUT2D eigenvalue weighted by Gasteiger charge is 2.24. The molecule has 2 aromatic heterocycles. The number of nitrogens with zero attached hydrogens (tertiary/aromatic N) is 2. The van der Waals surface area contributed by atoms with Crippen molar-refractivity contribution in [2.45, 2.75) is 37.8 Å². The third kappa shape index (κ3) is 6.27. The maximum atomic E-state index is 14.9. The van der Waals surface area contributed by atoms with Crippen LogP contribution in [0.4, 0.5) is 21.7 Å². The van der Waals surface area contributed by atoms with Crippen LogP contribution in [-0.4, -0.2) is 48.3 Å². The molecule has 6 N–H and O–H groups in total. The molecule has 1 aromatic carbocycles. The lowest BCUT2D eigenvalue weighted by Gasteiger charge is -2.30. The molecular formula is C26H31FN6O3. The Morgan fingerprint density at radius 2 is 1.86 bits per heavy atom. The van der Waals surface area contributed by atoms with Crippen LogP contribution in [0.5, 0.6) is 5.88 Å². The summed E-state index contributed by atoms with van der Waals surface area (Å²) < 4.78 is 25.7. The summed E-state index contributed by atoms with van der Waals surface area (Å²) in [4.78, 5) is 21.1. The number of aromatic nitrogens is 2. The van der Waals surface area contributed by atoms with Crippen molar-refractivity contribution in [3.8, 4) is 17.1 Å². The Balaban J connectivity index is 1.69. The number of carbonyl (C=O) groups is 1. The highest BCUT2D eigenvalue weighted by atomic mass is 19.1. The number of methoxy groups -OCH3 is 1. The first-order chi connectivity index (χ1) is 17.4. The molecule has 1 aliphatic rings. The molecule has 0 saturated heterocycles. The van der Waals surface area contributed by atoms with Gasteiger partial charge in [-0.25, -0.2) is 14.4 Å². The predicted octanol–water partition coefficient (Wildman–Crippen LogP) is 3.83. The third-order valence-corrected chi connectivity index (χ3v) is 6.05. The summed E-state index contributed by atoms with van der Waals surface area (Å²) in [5.74, 6) is -0.998. The van der Waals surface area contributed by atoms with Crippen molar-refractivity contribution in [2.75, 3.05) is 31.0 Å². The Kier molecular flexibility index (Phi) is 8.29. The first-order valence-electron chi connectivity index (χ1n) is 11.9. The highest BCUT2D eigenvalue weighted by molar-refractivity contribution is 5.98.